The van der Waals surface area contributed by atoms with Crippen LogP contribution in [0.1, 0.15) is 36.8 Å². The second-order valence-electron chi connectivity index (χ2n) is 7.00. The zero-order valence-corrected chi connectivity index (χ0v) is 15.7. The first kappa shape index (κ1) is 17.7. The molecule has 1 aromatic carbocycles. The van der Waals surface area contributed by atoms with Crippen LogP contribution in [0.15, 0.2) is 33.2 Å². The first-order chi connectivity index (χ1) is 13.0. The van der Waals surface area contributed by atoms with E-state index < -0.39 is 11.6 Å². The predicted molar refractivity (Wildman–Crippen MR) is 107 cm³/mol. The number of primary amides is 1. The third-order valence-corrected chi connectivity index (χ3v) is 6.08. The molecule has 6 nitrogen and oxygen atoms in total. The van der Waals surface area contributed by atoms with E-state index in [1.54, 1.807) is 0 Å². The van der Waals surface area contributed by atoms with Gasteiger partial charge in [0.05, 0.1) is 5.39 Å². The number of H-pyrrole nitrogens is 1. The van der Waals surface area contributed by atoms with Crippen LogP contribution in [0.2, 0.25) is 0 Å². The molecule has 0 aliphatic heterocycles. The van der Waals surface area contributed by atoms with Crippen LogP contribution in [0.5, 0.6) is 0 Å². The van der Waals surface area contributed by atoms with Crippen molar-refractivity contribution in [3.63, 3.8) is 0 Å². The second kappa shape index (κ2) is 7.15. The highest BCUT2D eigenvalue weighted by atomic mass is 32.1. The molecule has 3 aromatic rings. The minimum Gasteiger partial charge on any atom is -0.370 e. The number of amides is 1. The van der Waals surface area contributed by atoms with E-state index in [2.05, 4.69) is 23.2 Å². The smallest absolute Gasteiger partial charge is 0.329 e. The van der Waals surface area contributed by atoms with Gasteiger partial charge in [0.15, 0.2) is 0 Å². The molecule has 0 saturated heterocycles. The van der Waals surface area contributed by atoms with Gasteiger partial charge in [-0.2, -0.15) is 0 Å². The summed E-state index contributed by atoms with van der Waals surface area (Å²) < 4.78 is 1.17. The van der Waals surface area contributed by atoms with E-state index in [1.807, 2.05) is 5.38 Å². The lowest BCUT2D eigenvalue weighted by Gasteiger charge is -2.16. The summed E-state index contributed by atoms with van der Waals surface area (Å²) in [6.45, 7) is 0.173. The molecule has 140 valence electrons. The number of carbonyl (C=O) groups is 1. The molecule has 0 atom stereocenters. The molecule has 2 aromatic heterocycles. The van der Waals surface area contributed by atoms with Gasteiger partial charge in [-0.15, -0.1) is 11.3 Å². The van der Waals surface area contributed by atoms with Crippen molar-refractivity contribution >= 4 is 27.5 Å². The van der Waals surface area contributed by atoms with Crippen molar-refractivity contribution in [1.82, 2.24) is 9.55 Å². The molecule has 1 amide bonds. The molecular weight excluding hydrogens is 362 g/mol. The largest absolute Gasteiger partial charge is 0.370 e. The third-order valence-electron chi connectivity index (χ3n) is 5.18. The molecule has 7 heteroatoms. The average Bonchev–Trinajstić information content (AvgIpc) is 3.07. The van der Waals surface area contributed by atoms with Crippen molar-refractivity contribution in [3.05, 3.63) is 55.5 Å². The Morgan fingerprint density at radius 2 is 1.96 bits per heavy atom. The Kier molecular flexibility index (Phi) is 4.70. The Morgan fingerprint density at radius 3 is 2.74 bits per heavy atom. The van der Waals surface area contributed by atoms with Crippen molar-refractivity contribution in [1.29, 1.82) is 0 Å². The van der Waals surface area contributed by atoms with Gasteiger partial charge in [-0.3, -0.25) is 19.1 Å². The van der Waals surface area contributed by atoms with Crippen molar-refractivity contribution in [3.8, 4) is 11.1 Å². The van der Waals surface area contributed by atoms with Crippen LogP contribution < -0.4 is 17.0 Å². The number of aromatic nitrogens is 2. The zero-order valence-electron chi connectivity index (χ0n) is 14.9. The lowest BCUT2D eigenvalue weighted by atomic mass is 9.89. The van der Waals surface area contributed by atoms with Crippen LogP contribution >= 0.6 is 11.3 Å². The maximum Gasteiger partial charge on any atom is 0.329 e. The first-order valence-corrected chi connectivity index (χ1v) is 10.1. The standard InChI is InChI=1S/C20H21N3O3S/c21-16(24)6-3-9-23-19(25)17-15(11-27-18(17)22-20(23)26)14-8-7-12-4-1-2-5-13(12)10-14/h7-8,10-11H,1-6,9H2,(H2,21,24)(H,22,26). The van der Waals surface area contributed by atoms with Gasteiger partial charge < -0.3 is 5.73 Å². The fourth-order valence-corrected chi connectivity index (χ4v) is 4.73. The molecule has 1 aliphatic carbocycles. The van der Waals surface area contributed by atoms with Gasteiger partial charge in [-0.1, -0.05) is 18.2 Å². The molecule has 27 heavy (non-hydrogen) atoms. The van der Waals surface area contributed by atoms with Gasteiger partial charge in [0.2, 0.25) is 5.91 Å². The van der Waals surface area contributed by atoms with Crippen molar-refractivity contribution in [2.75, 3.05) is 0 Å². The minimum atomic E-state index is -0.448. The number of aromatic amines is 1. The van der Waals surface area contributed by atoms with Gasteiger partial charge in [-0.25, -0.2) is 4.79 Å². The monoisotopic (exact) mass is 383 g/mol. The van der Waals surface area contributed by atoms with E-state index in [1.165, 1.54) is 39.9 Å². The summed E-state index contributed by atoms with van der Waals surface area (Å²) in [5.41, 5.74) is 9.00. The van der Waals surface area contributed by atoms with Crippen LogP contribution in [-0.4, -0.2) is 15.5 Å². The highest BCUT2D eigenvalue weighted by Crippen LogP contribution is 2.33. The predicted octanol–water partition coefficient (Wildman–Crippen LogP) is 2.56. The van der Waals surface area contributed by atoms with Crippen LogP contribution in [0, 0.1) is 0 Å². The summed E-state index contributed by atoms with van der Waals surface area (Å²) in [6, 6.07) is 6.40. The van der Waals surface area contributed by atoms with Gasteiger partial charge >= 0.3 is 5.69 Å². The number of rotatable bonds is 5. The number of aryl methyl sites for hydroxylation is 2. The molecular formula is C20H21N3O3S. The molecule has 4 rings (SSSR count). The number of carbonyl (C=O) groups excluding carboxylic acids is 1. The normalized spacial score (nSPS) is 13.6. The Bertz CT molecular complexity index is 1140. The number of nitrogens with zero attached hydrogens (tertiary/aromatic N) is 1. The van der Waals surface area contributed by atoms with E-state index in [4.69, 9.17) is 5.73 Å². The summed E-state index contributed by atoms with van der Waals surface area (Å²) in [7, 11) is 0. The van der Waals surface area contributed by atoms with E-state index in [-0.39, 0.29) is 18.5 Å². The number of hydrogen-bond donors (Lipinski definition) is 2. The molecule has 0 bridgehead atoms. The zero-order chi connectivity index (χ0) is 19.0. The van der Waals surface area contributed by atoms with Crippen molar-refractivity contribution in [2.45, 2.75) is 45.1 Å². The molecule has 0 saturated carbocycles. The number of fused-ring (bicyclic) bond motifs is 2. The Morgan fingerprint density at radius 1 is 1.19 bits per heavy atom. The minimum absolute atomic E-state index is 0.144. The quantitative estimate of drug-likeness (QED) is 0.708. The third kappa shape index (κ3) is 3.35. The first-order valence-electron chi connectivity index (χ1n) is 9.19. The van der Waals surface area contributed by atoms with Gasteiger partial charge in [0.25, 0.3) is 5.56 Å². The fraction of sp³-hybridized carbons (Fsp3) is 0.350. The van der Waals surface area contributed by atoms with Crippen LogP contribution in [0.3, 0.4) is 0 Å². The Hall–Kier alpha value is -2.67. The summed E-state index contributed by atoms with van der Waals surface area (Å²) in [5, 5.41) is 2.47. The van der Waals surface area contributed by atoms with E-state index in [0.717, 1.165) is 24.0 Å². The lowest BCUT2D eigenvalue weighted by Crippen LogP contribution is -2.35. The molecule has 0 unspecified atom stereocenters. The molecule has 0 radical (unpaired) electrons. The summed E-state index contributed by atoms with van der Waals surface area (Å²) in [5.74, 6) is -0.439. The summed E-state index contributed by atoms with van der Waals surface area (Å²) >= 11 is 1.37. The van der Waals surface area contributed by atoms with Crippen molar-refractivity contribution in [2.24, 2.45) is 5.73 Å². The Labute approximate surface area is 159 Å². The summed E-state index contributed by atoms with van der Waals surface area (Å²) in [4.78, 5) is 39.6. The van der Waals surface area contributed by atoms with E-state index >= 15 is 0 Å². The molecule has 0 spiro atoms. The molecule has 0 fully saturated rings. The topological polar surface area (TPSA) is 97.9 Å². The van der Waals surface area contributed by atoms with Crippen molar-refractivity contribution < 1.29 is 4.79 Å². The van der Waals surface area contributed by atoms with Crippen LogP contribution in [0.25, 0.3) is 21.3 Å². The van der Waals surface area contributed by atoms with Crippen LogP contribution in [-0.2, 0) is 24.2 Å². The van der Waals surface area contributed by atoms with Gasteiger partial charge in [0.1, 0.15) is 4.83 Å². The maximum absolute atomic E-state index is 13.0. The SMILES string of the molecule is NC(=O)CCCn1c(=O)[nH]c2scc(-c3ccc4c(c3)CCCC4)c2c1=O. The average molecular weight is 383 g/mol. The highest BCUT2D eigenvalue weighted by molar-refractivity contribution is 7.17. The highest BCUT2D eigenvalue weighted by Gasteiger charge is 2.17. The fourth-order valence-electron chi connectivity index (χ4n) is 3.78. The summed E-state index contributed by atoms with van der Waals surface area (Å²) in [6.07, 6.45) is 5.11. The number of thiophene rings is 1. The number of nitrogens with two attached hydrogens (primary N) is 1. The van der Waals surface area contributed by atoms with Crippen LogP contribution in [0.4, 0.5) is 0 Å². The molecule has 1 aliphatic rings. The number of hydrogen-bond acceptors (Lipinski definition) is 4. The van der Waals surface area contributed by atoms with E-state index in [0.29, 0.717) is 16.6 Å². The lowest BCUT2D eigenvalue weighted by molar-refractivity contribution is -0.118. The molecule has 2 heterocycles. The number of benzene rings is 1. The van der Waals surface area contributed by atoms with Gasteiger partial charge in [0, 0.05) is 23.9 Å². The maximum atomic E-state index is 13.0. The molecule has 3 N–H and O–H groups in total. The second-order valence-corrected chi connectivity index (χ2v) is 7.88. The number of nitrogens with one attached hydrogen (secondary N) is 1. The Balaban J connectivity index is 1.79. The van der Waals surface area contributed by atoms with E-state index in [9.17, 15) is 14.4 Å². The van der Waals surface area contributed by atoms with Gasteiger partial charge in [-0.05, 0) is 48.8 Å².